The summed E-state index contributed by atoms with van der Waals surface area (Å²) in [4.78, 5) is 13.8. The normalized spacial score (nSPS) is 18.2. The topological polar surface area (TPSA) is 128 Å². The summed E-state index contributed by atoms with van der Waals surface area (Å²) in [6.07, 6.45) is 1.01. The molecular weight excluding hydrogens is 388 g/mol. The van der Waals surface area contributed by atoms with Crippen LogP contribution in [0, 0.1) is 0 Å². The van der Waals surface area contributed by atoms with Gasteiger partial charge in [0.05, 0.1) is 24.1 Å². The average molecular weight is 406 g/mol. The second kappa shape index (κ2) is 7.24. The Balaban J connectivity index is 1.52. The van der Waals surface area contributed by atoms with Crippen LogP contribution >= 0.6 is 0 Å². The van der Waals surface area contributed by atoms with Crippen LogP contribution in [0.5, 0.6) is 11.8 Å². The predicted molar refractivity (Wildman–Crippen MR) is 97.8 cm³/mol. The van der Waals surface area contributed by atoms with Gasteiger partial charge in [-0.25, -0.2) is 13.2 Å². The van der Waals surface area contributed by atoms with E-state index >= 15 is 0 Å². The zero-order valence-corrected chi connectivity index (χ0v) is 15.8. The number of oxazole rings is 1. The Morgan fingerprint density at radius 3 is 2.75 bits per heavy atom. The van der Waals surface area contributed by atoms with E-state index in [1.807, 2.05) is 0 Å². The molecule has 0 saturated carbocycles. The van der Waals surface area contributed by atoms with Gasteiger partial charge in [0.2, 0.25) is 21.8 Å². The molecule has 1 fully saturated rings. The average Bonchev–Trinajstić information content (AvgIpc) is 3.08. The Morgan fingerprint density at radius 2 is 2.00 bits per heavy atom. The van der Waals surface area contributed by atoms with Crippen molar-refractivity contribution in [2.45, 2.75) is 23.8 Å². The molecule has 1 aliphatic rings. The number of fused-ring (bicyclic) bond motifs is 1. The summed E-state index contributed by atoms with van der Waals surface area (Å²) in [5, 5.41) is 7.76. The smallest absolute Gasteiger partial charge is 0.417 e. The first-order valence-electron chi connectivity index (χ1n) is 8.63. The fraction of sp³-hybridized carbons (Fsp3) is 0.353. The number of aromatic amines is 1. The largest absolute Gasteiger partial charge is 0.480 e. The lowest BCUT2D eigenvalue weighted by atomic mass is 10.1. The number of hydrogen-bond donors (Lipinski definition) is 1. The van der Waals surface area contributed by atoms with Gasteiger partial charge in [0, 0.05) is 18.7 Å². The van der Waals surface area contributed by atoms with E-state index in [2.05, 4.69) is 15.2 Å². The van der Waals surface area contributed by atoms with E-state index in [9.17, 15) is 13.2 Å². The van der Waals surface area contributed by atoms with Gasteiger partial charge >= 0.3 is 5.76 Å². The number of hydrogen-bond acceptors (Lipinski definition) is 8. The van der Waals surface area contributed by atoms with Crippen LogP contribution in [0.3, 0.4) is 0 Å². The summed E-state index contributed by atoms with van der Waals surface area (Å²) in [6, 6.07) is 7.54. The van der Waals surface area contributed by atoms with Crippen LogP contribution in [-0.4, -0.2) is 54.2 Å². The van der Waals surface area contributed by atoms with E-state index < -0.39 is 15.8 Å². The monoisotopic (exact) mass is 406 g/mol. The molecule has 4 rings (SSSR count). The zero-order valence-electron chi connectivity index (χ0n) is 15.0. The van der Waals surface area contributed by atoms with E-state index in [1.165, 1.54) is 29.6 Å². The van der Waals surface area contributed by atoms with Crippen molar-refractivity contribution in [3.63, 3.8) is 0 Å². The Morgan fingerprint density at radius 1 is 1.21 bits per heavy atom. The van der Waals surface area contributed by atoms with Crippen LogP contribution in [-0.2, 0) is 10.0 Å². The molecule has 148 valence electrons. The summed E-state index contributed by atoms with van der Waals surface area (Å²) >= 11 is 0. The molecule has 0 aliphatic carbocycles. The first-order chi connectivity index (χ1) is 13.5. The Bertz CT molecular complexity index is 1140. The van der Waals surface area contributed by atoms with Gasteiger partial charge in [0.25, 0.3) is 0 Å². The Hall–Kier alpha value is -2.92. The molecule has 2 aromatic heterocycles. The third-order valence-corrected chi connectivity index (χ3v) is 6.34. The molecule has 10 nitrogen and oxygen atoms in total. The Kier molecular flexibility index (Phi) is 4.77. The molecule has 0 amide bonds. The van der Waals surface area contributed by atoms with Gasteiger partial charge in [-0.05, 0) is 31.0 Å². The molecule has 1 saturated heterocycles. The minimum Gasteiger partial charge on any atom is -0.480 e. The van der Waals surface area contributed by atoms with Crippen LogP contribution < -0.4 is 15.2 Å². The minimum absolute atomic E-state index is 0.0851. The van der Waals surface area contributed by atoms with Crippen LogP contribution in [0.2, 0.25) is 0 Å². The number of methoxy groups -OCH3 is 1. The molecule has 1 N–H and O–H groups in total. The van der Waals surface area contributed by atoms with Gasteiger partial charge in [-0.1, -0.05) is 0 Å². The fourth-order valence-electron chi connectivity index (χ4n) is 3.11. The third kappa shape index (κ3) is 3.58. The number of sulfonamides is 1. The first-order valence-corrected chi connectivity index (χ1v) is 10.1. The van der Waals surface area contributed by atoms with Gasteiger partial charge in [-0.3, -0.25) is 4.98 Å². The maximum absolute atomic E-state index is 13.0. The molecule has 3 aromatic rings. The molecule has 3 heterocycles. The minimum atomic E-state index is -3.75. The lowest BCUT2D eigenvalue weighted by Gasteiger charge is -2.31. The van der Waals surface area contributed by atoms with Crippen molar-refractivity contribution >= 4 is 21.1 Å². The van der Waals surface area contributed by atoms with Crippen molar-refractivity contribution in [3.8, 4) is 11.8 Å². The summed E-state index contributed by atoms with van der Waals surface area (Å²) in [6.45, 7) is 0.576. The molecule has 1 unspecified atom stereocenters. The molecule has 11 heteroatoms. The van der Waals surface area contributed by atoms with Crippen molar-refractivity contribution in [3.05, 3.63) is 40.9 Å². The number of ether oxygens (including phenoxy) is 2. The van der Waals surface area contributed by atoms with Crippen LogP contribution in [0.25, 0.3) is 11.1 Å². The highest BCUT2D eigenvalue weighted by Gasteiger charge is 2.31. The molecule has 0 bridgehead atoms. The van der Waals surface area contributed by atoms with Crippen molar-refractivity contribution in [2.75, 3.05) is 20.2 Å². The highest BCUT2D eigenvalue weighted by Crippen LogP contribution is 2.25. The quantitative estimate of drug-likeness (QED) is 0.668. The van der Waals surface area contributed by atoms with E-state index in [0.29, 0.717) is 42.2 Å². The zero-order chi connectivity index (χ0) is 19.7. The van der Waals surface area contributed by atoms with E-state index in [1.54, 1.807) is 12.1 Å². The van der Waals surface area contributed by atoms with Crippen molar-refractivity contribution in [2.24, 2.45) is 0 Å². The molecule has 1 atom stereocenters. The predicted octanol–water partition coefficient (Wildman–Crippen LogP) is 1.15. The first kappa shape index (κ1) is 18.4. The van der Waals surface area contributed by atoms with Crippen molar-refractivity contribution < 1.29 is 22.3 Å². The maximum atomic E-state index is 13.0. The number of rotatable bonds is 5. The van der Waals surface area contributed by atoms with Crippen LogP contribution in [0.4, 0.5) is 0 Å². The van der Waals surface area contributed by atoms with Crippen molar-refractivity contribution in [1.29, 1.82) is 0 Å². The lowest BCUT2D eigenvalue weighted by molar-refractivity contribution is 0.123. The summed E-state index contributed by atoms with van der Waals surface area (Å²) < 4.78 is 43.1. The van der Waals surface area contributed by atoms with Gasteiger partial charge in [0.15, 0.2) is 5.58 Å². The van der Waals surface area contributed by atoms with Crippen LogP contribution in [0.15, 0.2) is 44.4 Å². The molecule has 1 aliphatic heterocycles. The van der Waals surface area contributed by atoms with Crippen LogP contribution in [0.1, 0.15) is 12.8 Å². The summed E-state index contributed by atoms with van der Waals surface area (Å²) in [5.74, 6) is 0.0481. The SMILES string of the molecule is COc1ccc(OC2CCCN(S(=O)(=O)c3ccc4oc(=O)[nH]c4c3)C2)nn1. The number of piperidine rings is 1. The summed E-state index contributed by atoms with van der Waals surface area (Å²) in [5.41, 5.74) is 0.645. The second-order valence-corrected chi connectivity index (χ2v) is 8.27. The standard InChI is InChI=1S/C17H18N4O6S/c1-25-15-6-7-16(20-19-15)26-11-3-2-8-21(10-11)28(23,24)12-4-5-14-13(9-12)18-17(22)27-14/h4-7,9,11H,2-3,8,10H2,1H3,(H,18,22). The highest BCUT2D eigenvalue weighted by atomic mass is 32.2. The number of nitrogens with one attached hydrogen (secondary N) is 1. The molecular formula is C17H18N4O6S. The van der Waals surface area contributed by atoms with Gasteiger partial charge in [-0.2, -0.15) is 4.31 Å². The third-order valence-electron chi connectivity index (χ3n) is 4.48. The lowest BCUT2D eigenvalue weighted by Crippen LogP contribution is -2.44. The molecule has 1 aromatic carbocycles. The maximum Gasteiger partial charge on any atom is 0.417 e. The molecule has 0 spiro atoms. The van der Waals surface area contributed by atoms with Gasteiger partial charge in [0.1, 0.15) is 6.10 Å². The van der Waals surface area contributed by atoms with E-state index in [0.717, 1.165) is 0 Å². The van der Waals surface area contributed by atoms with Crippen molar-refractivity contribution in [1.82, 2.24) is 19.5 Å². The second-order valence-electron chi connectivity index (χ2n) is 6.33. The molecule has 0 radical (unpaired) electrons. The summed E-state index contributed by atoms with van der Waals surface area (Å²) in [7, 11) is -2.26. The number of aromatic nitrogens is 3. The fourth-order valence-corrected chi connectivity index (χ4v) is 4.65. The van der Waals surface area contributed by atoms with Gasteiger partial charge < -0.3 is 13.9 Å². The highest BCUT2D eigenvalue weighted by molar-refractivity contribution is 7.89. The van der Waals surface area contributed by atoms with E-state index in [4.69, 9.17) is 13.9 Å². The molecule has 28 heavy (non-hydrogen) atoms. The number of benzene rings is 1. The van der Waals surface area contributed by atoms with E-state index in [-0.39, 0.29) is 17.5 Å². The Labute approximate surface area is 160 Å². The number of H-pyrrole nitrogens is 1. The van der Waals surface area contributed by atoms with Gasteiger partial charge in [-0.15, -0.1) is 10.2 Å². The number of nitrogens with zero attached hydrogens (tertiary/aromatic N) is 3.